The lowest BCUT2D eigenvalue weighted by Gasteiger charge is -2.34. The first kappa shape index (κ1) is 15.4. The fourth-order valence-corrected chi connectivity index (χ4v) is 2.91. The van der Waals surface area contributed by atoms with Gasteiger partial charge in [-0.05, 0) is 61.9 Å². The summed E-state index contributed by atoms with van der Waals surface area (Å²) in [6.45, 7) is 9.55. The van der Waals surface area contributed by atoms with Gasteiger partial charge in [0.2, 0.25) is 0 Å². The number of hydrogen-bond donors (Lipinski definition) is 0. The summed E-state index contributed by atoms with van der Waals surface area (Å²) in [5.41, 5.74) is 1.65. The van der Waals surface area contributed by atoms with Crippen LogP contribution in [-0.2, 0) is 4.65 Å². The molecule has 0 atom stereocenters. The van der Waals surface area contributed by atoms with E-state index in [4.69, 9.17) is 9.39 Å². The van der Waals surface area contributed by atoms with E-state index in [1.165, 1.54) is 12.8 Å². The Hall–Kier alpha value is -1.47. The predicted octanol–water partition coefficient (Wildman–Crippen LogP) is 3.38. The molecule has 4 heteroatoms. The predicted molar refractivity (Wildman–Crippen MR) is 88.5 cm³/mol. The molecule has 2 fully saturated rings. The topological polar surface area (TPSA) is 42.2 Å². The molecular formula is C18H24BNO2. The van der Waals surface area contributed by atoms with Crippen molar-refractivity contribution in [1.82, 2.24) is 0 Å². The minimum absolute atomic E-state index is 0.0505. The number of benzene rings is 1. The van der Waals surface area contributed by atoms with E-state index in [0.29, 0.717) is 17.2 Å². The molecule has 1 aliphatic heterocycles. The van der Waals surface area contributed by atoms with Crippen LogP contribution in [0, 0.1) is 22.7 Å². The Bertz CT molecular complexity index is 598. The fraction of sp³-hybridized carbons (Fsp3) is 0.611. The third kappa shape index (κ3) is 2.87. The first-order valence-corrected chi connectivity index (χ1v) is 8.17. The van der Waals surface area contributed by atoms with Gasteiger partial charge in [0.1, 0.15) is 11.8 Å². The molecule has 22 heavy (non-hydrogen) atoms. The summed E-state index contributed by atoms with van der Waals surface area (Å²) in [4.78, 5) is 0. The fourth-order valence-electron chi connectivity index (χ4n) is 2.91. The molecule has 0 amide bonds. The maximum Gasteiger partial charge on any atom is 0.328 e. The van der Waals surface area contributed by atoms with E-state index >= 15 is 0 Å². The van der Waals surface area contributed by atoms with E-state index in [9.17, 15) is 5.26 Å². The largest absolute Gasteiger partial charge is 0.492 e. The van der Waals surface area contributed by atoms with Crippen molar-refractivity contribution < 1.29 is 9.39 Å². The summed E-state index contributed by atoms with van der Waals surface area (Å²) >= 11 is 0. The van der Waals surface area contributed by atoms with Crippen LogP contribution in [0.3, 0.4) is 0 Å². The molecule has 3 nitrogen and oxygen atoms in total. The van der Waals surface area contributed by atoms with Crippen molar-refractivity contribution in [3.63, 3.8) is 0 Å². The second kappa shape index (κ2) is 5.31. The van der Waals surface area contributed by atoms with Crippen molar-refractivity contribution >= 4 is 12.4 Å². The zero-order valence-electron chi connectivity index (χ0n) is 14.0. The Kier molecular flexibility index (Phi) is 3.73. The van der Waals surface area contributed by atoms with Crippen molar-refractivity contribution in [2.24, 2.45) is 11.3 Å². The highest BCUT2D eigenvalue weighted by atomic mass is 16.5. The van der Waals surface area contributed by atoms with Gasteiger partial charge in [-0.25, -0.2) is 0 Å². The SMILES string of the molecule is CC1(C)CB(c2ccc(OCC3CC3)c(C#N)c2)OC1(C)C. The van der Waals surface area contributed by atoms with Crippen LogP contribution in [-0.4, -0.2) is 19.1 Å². The zero-order chi connectivity index (χ0) is 16.0. The van der Waals surface area contributed by atoms with Crippen LogP contribution >= 0.6 is 0 Å². The molecule has 1 aliphatic carbocycles. The monoisotopic (exact) mass is 297 g/mol. The van der Waals surface area contributed by atoms with Crippen LogP contribution in [0.4, 0.5) is 0 Å². The van der Waals surface area contributed by atoms with Gasteiger partial charge < -0.3 is 9.39 Å². The third-order valence-electron chi connectivity index (χ3n) is 5.43. The molecule has 1 saturated carbocycles. The van der Waals surface area contributed by atoms with Crippen LogP contribution in [0.2, 0.25) is 6.32 Å². The van der Waals surface area contributed by atoms with Gasteiger partial charge in [0, 0.05) is 0 Å². The molecule has 1 heterocycles. The van der Waals surface area contributed by atoms with Crippen molar-refractivity contribution in [2.45, 2.75) is 52.5 Å². The Balaban J connectivity index is 1.79. The molecule has 1 saturated heterocycles. The number of rotatable bonds is 4. The normalized spacial score (nSPS) is 22.4. The van der Waals surface area contributed by atoms with Crippen molar-refractivity contribution in [2.75, 3.05) is 6.61 Å². The zero-order valence-corrected chi connectivity index (χ0v) is 14.0. The minimum atomic E-state index is -0.161. The highest BCUT2D eigenvalue weighted by Gasteiger charge is 2.49. The van der Waals surface area contributed by atoms with Crippen LogP contribution in [0.15, 0.2) is 18.2 Å². The molecule has 0 unspecified atom stereocenters. The molecule has 0 aromatic heterocycles. The molecule has 0 bridgehead atoms. The van der Waals surface area contributed by atoms with Crippen LogP contribution in [0.1, 0.15) is 46.1 Å². The van der Waals surface area contributed by atoms with E-state index in [-0.39, 0.29) is 17.9 Å². The van der Waals surface area contributed by atoms with Crippen LogP contribution in [0.5, 0.6) is 5.75 Å². The lowest BCUT2D eigenvalue weighted by Crippen LogP contribution is -2.36. The van der Waals surface area contributed by atoms with Crippen LogP contribution in [0.25, 0.3) is 0 Å². The summed E-state index contributed by atoms with van der Waals surface area (Å²) in [6.07, 6.45) is 3.47. The van der Waals surface area contributed by atoms with Gasteiger partial charge in [-0.2, -0.15) is 5.26 Å². The number of nitrogens with zero attached hydrogens (tertiary/aromatic N) is 1. The molecular weight excluding hydrogens is 273 g/mol. The highest BCUT2D eigenvalue weighted by Crippen LogP contribution is 2.45. The summed E-state index contributed by atoms with van der Waals surface area (Å²) in [6, 6.07) is 8.17. The first-order chi connectivity index (χ1) is 10.3. The van der Waals surface area contributed by atoms with E-state index in [2.05, 4.69) is 33.8 Å². The van der Waals surface area contributed by atoms with Crippen molar-refractivity contribution in [3.8, 4) is 11.8 Å². The van der Waals surface area contributed by atoms with Crippen molar-refractivity contribution in [3.05, 3.63) is 23.8 Å². The van der Waals surface area contributed by atoms with E-state index < -0.39 is 0 Å². The second-order valence-corrected chi connectivity index (χ2v) is 7.83. The quantitative estimate of drug-likeness (QED) is 0.800. The molecule has 116 valence electrons. The lowest BCUT2D eigenvalue weighted by atomic mass is 9.54. The molecule has 3 rings (SSSR count). The van der Waals surface area contributed by atoms with Crippen molar-refractivity contribution in [1.29, 1.82) is 5.26 Å². The second-order valence-electron chi connectivity index (χ2n) is 7.83. The Morgan fingerprint density at radius 2 is 2.05 bits per heavy atom. The number of nitriles is 1. The van der Waals surface area contributed by atoms with Gasteiger partial charge in [0.25, 0.3) is 0 Å². The Morgan fingerprint density at radius 3 is 2.59 bits per heavy atom. The summed E-state index contributed by atoms with van der Waals surface area (Å²) in [5.74, 6) is 1.39. The van der Waals surface area contributed by atoms with Gasteiger partial charge in [-0.1, -0.05) is 19.9 Å². The maximum absolute atomic E-state index is 9.40. The molecule has 0 spiro atoms. The number of hydrogen-bond acceptors (Lipinski definition) is 3. The standard InChI is InChI=1S/C18H24BNO2/c1-17(2)12-19(22-18(17,3)4)15-7-8-16(14(9-15)10-20)21-11-13-5-6-13/h7-9,13H,5-6,11-12H2,1-4H3. The lowest BCUT2D eigenvalue weighted by molar-refractivity contribution is 0.0375. The Labute approximate surface area is 133 Å². The maximum atomic E-state index is 9.40. The third-order valence-corrected chi connectivity index (χ3v) is 5.43. The van der Waals surface area contributed by atoms with Gasteiger partial charge >= 0.3 is 6.92 Å². The van der Waals surface area contributed by atoms with Gasteiger partial charge in [0.15, 0.2) is 0 Å². The molecule has 2 aliphatic rings. The van der Waals surface area contributed by atoms with Crippen LogP contribution < -0.4 is 10.2 Å². The minimum Gasteiger partial charge on any atom is -0.492 e. The summed E-state index contributed by atoms with van der Waals surface area (Å²) in [7, 11) is 0. The van der Waals surface area contributed by atoms with E-state index in [1.807, 2.05) is 18.2 Å². The first-order valence-electron chi connectivity index (χ1n) is 8.17. The Morgan fingerprint density at radius 1 is 1.32 bits per heavy atom. The van der Waals surface area contributed by atoms with E-state index in [1.54, 1.807) is 0 Å². The average Bonchev–Trinajstić information content (AvgIpc) is 3.24. The molecule has 1 aromatic rings. The highest BCUT2D eigenvalue weighted by molar-refractivity contribution is 6.68. The average molecular weight is 297 g/mol. The molecule has 0 radical (unpaired) electrons. The molecule has 0 N–H and O–H groups in total. The van der Waals surface area contributed by atoms with Gasteiger partial charge in [0.05, 0.1) is 17.8 Å². The van der Waals surface area contributed by atoms with E-state index in [0.717, 1.165) is 18.4 Å². The van der Waals surface area contributed by atoms with Gasteiger partial charge in [-0.15, -0.1) is 0 Å². The number of ether oxygens (including phenoxy) is 1. The molecule has 1 aromatic carbocycles. The summed E-state index contributed by atoms with van der Waals surface area (Å²) < 4.78 is 12.0. The van der Waals surface area contributed by atoms with Gasteiger partial charge in [-0.3, -0.25) is 0 Å². The smallest absolute Gasteiger partial charge is 0.328 e. The summed E-state index contributed by atoms with van der Waals surface area (Å²) in [5, 5.41) is 9.40.